The average molecular weight is 226 g/mol. The molecular weight excluding hydrogens is 219 g/mol. The molecule has 0 spiro atoms. The second kappa shape index (κ2) is 3.63. The topological polar surface area (TPSA) is 38.9 Å². The quantitative estimate of drug-likeness (QED) is 0.747. The van der Waals surface area contributed by atoms with Crippen molar-refractivity contribution >= 4 is 5.69 Å². The molecule has 84 valence electrons. The monoisotopic (exact) mass is 226 g/mol. The van der Waals surface area contributed by atoms with Crippen LogP contribution in [0.2, 0.25) is 0 Å². The van der Waals surface area contributed by atoms with Crippen molar-refractivity contribution in [1.29, 1.82) is 0 Å². The third-order valence-electron chi connectivity index (χ3n) is 1.84. The summed E-state index contributed by atoms with van der Waals surface area (Å²) in [5.74, 6) is 0. The van der Waals surface area contributed by atoms with Crippen molar-refractivity contribution in [2.24, 2.45) is 0 Å². The number of aryl methyl sites for hydroxylation is 1. The predicted molar refractivity (Wildman–Crippen MR) is 43.3 cm³/mol. The molecule has 0 amide bonds. The van der Waals surface area contributed by atoms with E-state index in [0.29, 0.717) is 0 Å². The van der Waals surface area contributed by atoms with E-state index in [-0.39, 0.29) is 5.56 Å². The molecule has 0 aliphatic rings. The van der Waals surface area contributed by atoms with Crippen LogP contribution in [0.5, 0.6) is 0 Å². The third-order valence-corrected chi connectivity index (χ3v) is 1.84. The Balaban J connectivity index is 3.49. The van der Waals surface area contributed by atoms with Crippen LogP contribution in [0.4, 0.5) is 27.6 Å². The van der Waals surface area contributed by atoms with E-state index in [1.165, 1.54) is 6.92 Å². The maximum Gasteiger partial charge on any atom is 0.420 e. The molecular formula is C8H7F5N2. The van der Waals surface area contributed by atoms with Gasteiger partial charge in [-0.15, -0.1) is 0 Å². The Hall–Kier alpha value is -1.40. The first-order valence-corrected chi connectivity index (χ1v) is 3.85. The lowest BCUT2D eigenvalue weighted by molar-refractivity contribution is -0.139. The predicted octanol–water partition coefficient (Wildman–Crippen LogP) is 2.93. The van der Waals surface area contributed by atoms with E-state index in [2.05, 4.69) is 4.98 Å². The Kier molecular flexibility index (Phi) is 2.83. The molecule has 2 nitrogen and oxygen atoms in total. The highest BCUT2D eigenvalue weighted by Crippen LogP contribution is 2.39. The molecule has 1 aromatic heterocycles. The van der Waals surface area contributed by atoms with Crippen molar-refractivity contribution in [1.82, 2.24) is 4.98 Å². The molecule has 0 radical (unpaired) electrons. The summed E-state index contributed by atoms with van der Waals surface area (Å²) in [6.45, 7) is 1.27. The third kappa shape index (κ3) is 2.16. The van der Waals surface area contributed by atoms with Crippen molar-refractivity contribution in [2.75, 3.05) is 5.73 Å². The van der Waals surface area contributed by atoms with Gasteiger partial charge < -0.3 is 5.73 Å². The highest BCUT2D eigenvalue weighted by atomic mass is 19.4. The Morgan fingerprint density at radius 1 is 1.33 bits per heavy atom. The van der Waals surface area contributed by atoms with E-state index < -0.39 is 29.5 Å². The summed E-state index contributed by atoms with van der Waals surface area (Å²) < 4.78 is 61.7. The Bertz CT molecular complexity index is 372. The van der Waals surface area contributed by atoms with Gasteiger partial charge in [-0.25, -0.2) is 8.78 Å². The number of nitrogens with two attached hydrogens (primary N) is 1. The van der Waals surface area contributed by atoms with Crippen molar-refractivity contribution in [3.8, 4) is 0 Å². The van der Waals surface area contributed by atoms with E-state index in [9.17, 15) is 22.0 Å². The zero-order valence-corrected chi connectivity index (χ0v) is 7.57. The van der Waals surface area contributed by atoms with Crippen molar-refractivity contribution in [3.05, 3.63) is 23.0 Å². The normalized spacial score (nSPS) is 12.2. The van der Waals surface area contributed by atoms with Crippen molar-refractivity contribution < 1.29 is 22.0 Å². The second-order valence-electron chi connectivity index (χ2n) is 2.91. The summed E-state index contributed by atoms with van der Waals surface area (Å²) in [6.07, 6.45) is -7.33. The average Bonchev–Trinajstić information content (AvgIpc) is 2.06. The van der Waals surface area contributed by atoms with E-state index in [0.717, 1.165) is 6.20 Å². The molecule has 0 aliphatic heterocycles. The molecule has 0 aliphatic carbocycles. The number of nitrogen functional groups attached to an aromatic ring is 1. The molecule has 0 unspecified atom stereocenters. The van der Waals surface area contributed by atoms with Gasteiger partial charge in [0.15, 0.2) is 0 Å². The Labute approximate surface area is 81.9 Å². The minimum Gasteiger partial charge on any atom is -0.398 e. The second-order valence-corrected chi connectivity index (χ2v) is 2.91. The van der Waals surface area contributed by atoms with Gasteiger partial charge in [-0.3, -0.25) is 4.98 Å². The first kappa shape index (κ1) is 11.7. The van der Waals surface area contributed by atoms with Crippen LogP contribution in [-0.4, -0.2) is 4.98 Å². The summed E-state index contributed by atoms with van der Waals surface area (Å²) in [5.41, 5.74) is 1.56. The summed E-state index contributed by atoms with van der Waals surface area (Å²) in [7, 11) is 0. The number of pyridine rings is 1. The minimum absolute atomic E-state index is 0.0201. The smallest absolute Gasteiger partial charge is 0.398 e. The molecule has 0 fully saturated rings. The molecule has 0 saturated carbocycles. The van der Waals surface area contributed by atoms with E-state index in [4.69, 9.17) is 5.73 Å². The maximum atomic E-state index is 12.4. The van der Waals surface area contributed by atoms with Crippen LogP contribution in [0.15, 0.2) is 6.20 Å². The highest BCUT2D eigenvalue weighted by Gasteiger charge is 2.39. The number of nitrogens with zero attached hydrogens (tertiary/aromatic N) is 1. The minimum atomic E-state index is -4.92. The number of rotatable bonds is 1. The molecule has 1 heterocycles. The van der Waals surface area contributed by atoms with Crippen molar-refractivity contribution in [3.63, 3.8) is 0 Å². The first-order chi connectivity index (χ1) is 6.75. The van der Waals surface area contributed by atoms with Gasteiger partial charge in [-0.1, -0.05) is 0 Å². The fourth-order valence-electron chi connectivity index (χ4n) is 1.10. The van der Waals surface area contributed by atoms with Gasteiger partial charge >= 0.3 is 6.18 Å². The highest BCUT2D eigenvalue weighted by molar-refractivity contribution is 5.55. The van der Waals surface area contributed by atoms with Gasteiger partial charge in [0.25, 0.3) is 6.43 Å². The largest absolute Gasteiger partial charge is 0.420 e. The van der Waals surface area contributed by atoms with Gasteiger partial charge in [0.1, 0.15) is 11.3 Å². The van der Waals surface area contributed by atoms with Crippen molar-refractivity contribution in [2.45, 2.75) is 19.5 Å². The SMILES string of the molecule is Cc1cnc(C(F)F)c(C(F)(F)F)c1N. The maximum absolute atomic E-state index is 12.4. The molecule has 0 aromatic carbocycles. The lowest BCUT2D eigenvalue weighted by atomic mass is 10.1. The van der Waals surface area contributed by atoms with Crippen LogP contribution in [0.1, 0.15) is 23.2 Å². The Morgan fingerprint density at radius 3 is 2.27 bits per heavy atom. The van der Waals surface area contributed by atoms with Crippen LogP contribution < -0.4 is 5.73 Å². The summed E-state index contributed by atoms with van der Waals surface area (Å²) in [5, 5.41) is 0. The van der Waals surface area contributed by atoms with Crippen LogP contribution in [0, 0.1) is 6.92 Å². The van der Waals surface area contributed by atoms with Crippen LogP contribution in [-0.2, 0) is 6.18 Å². The number of alkyl halides is 5. The number of anilines is 1. The van der Waals surface area contributed by atoms with E-state index >= 15 is 0 Å². The molecule has 0 atom stereocenters. The van der Waals surface area contributed by atoms with Gasteiger partial charge in [-0.2, -0.15) is 13.2 Å². The summed E-state index contributed by atoms with van der Waals surface area (Å²) in [6, 6.07) is 0. The molecule has 0 bridgehead atoms. The molecule has 2 N–H and O–H groups in total. The lowest BCUT2D eigenvalue weighted by Gasteiger charge is -2.15. The van der Waals surface area contributed by atoms with Crippen LogP contribution in [0.25, 0.3) is 0 Å². The molecule has 0 saturated heterocycles. The number of hydrogen-bond acceptors (Lipinski definition) is 2. The van der Waals surface area contributed by atoms with Gasteiger partial charge in [-0.05, 0) is 12.5 Å². The molecule has 1 rings (SSSR count). The van der Waals surface area contributed by atoms with Gasteiger partial charge in [0.2, 0.25) is 0 Å². The number of halogens is 5. The molecule has 15 heavy (non-hydrogen) atoms. The van der Waals surface area contributed by atoms with E-state index in [1.54, 1.807) is 0 Å². The fourth-order valence-corrected chi connectivity index (χ4v) is 1.10. The summed E-state index contributed by atoms with van der Waals surface area (Å²) >= 11 is 0. The molecule has 7 heteroatoms. The molecule has 1 aromatic rings. The zero-order valence-electron chi connectivity index (χ0n) is 7.57. The van der Waals surface area contributed by atoms with Crippen LogP contribution in [0.3, 0.4) is 0 Å². The van der Waals surface area contributed by atoms with E-state index in [1.807, 2.05) is 0 Å². The van der Waals surface area contributed by atoms with Gasteiger partial charge in [0, 0.05) is 6.20 Å². The number of hydrogen-bond donors (Lipinski definition) is 1. The number of aromatic nitrogens is 1. The summed E-state index contributed by atoms with van der Waals surface area (Å²) in [4.78, 5) is 3.06. The zero-order chi connectivity index (χ0) is 11.8. The first-order valence-electron chi connectivity index (χ1n) is 3.85. The fraction of sp³-hybridized carbons (Fsp3) is 0.375. The standard InChI is InChI=1S/C8H7F5N2/c1-3-2-15-6(7(9)10)4(5(3)14)8(11,12)13/h2,7H,1H3,(H2,14,15). The van der Waals surface area contributed by atoms with Gasteiger partial charge in [0.05, 0.1) is 5.69 Å². The lowest BCUT2D eigenvalue weighted by Crippen LogP contribution is -2.15. The Morgan fingerprint density at radius 2 is 1.87 bits per heavy atom. The van der Waals surface area contributed by atoms with Crippen LogP contribution >= 0.6 is 0 Å².